The number of amides is 1. The summed E-state index contributed by atoms with van der Waals surface area (Å²) in [7, 11) is 0. The van der Waals surface area contributed by atoms with Crippen molar-refractivity contribution in [2.24, 2.45) is 11.8 Å². The zero-order chi connectivity index (χ0) is 24.8. The number of benzene rings is 1. The molecule has 36 heavy (non-hydrogen) atoms. The molecule has 8 heteroatoms. The van der Waals surface area contributed by atoms with Gasteiger partial charge in [-0.15, -0.1) is 0 Å². The van der Waals surface area contributed by atoms with Gasteiger partial charge in [-0.3, -0.25) is 14.5 Å². The predicted molar refractivity (Wildman–Crippen MR) is 134 cm³/mol. The molecule has 1 saturated heterocycles. The minimum Gasteiger partial charge on any atom is -0.451 e. The Hall–Kier alpha value is -3.49. The van der Waals surface area contributed by atoms with E-state index in [1.54, 1.807) is 6.26 Å². The monoisotopic (exact) mass is 486 g/mol. The summed E-state index contributed by atoms with van der Waals surface area (Å²) in [6.07, 6.45) is 7.51. The number of hydrogen-bond acceptors (Lipinski definition) is 6. The van der Waals surface area contributed by atoms with Crippen LogP contribution in [0.4, 0.5) is 0 Å². The van der Waals surface area contributed by atoms with Gasteiger partial charge in [-0.25, -0.2) is 4.98 Å². The van der Waals surface area contributed by atoms with Crippen LogP contribution in [0.1, 0.15) is 41.0 Å². The van der Waals surface area contributed by atoms with Crippen LogP contribution in [0.15, 0.2) is 64.3 Å². The minimum atomic E-state index is -0.460. The molecule has 1 N–H and O–H groups in total. The van der Waals surface area contributed by atoms with Crippen molar-refractivity contribution in [1.29, 1.82) is 0 Å². The third-order valence-corrected chi connectivity index (χ3v) is 8.10. The van der Waals surface area contributed by atoms with Gasteiger partial charge in [0.2, 0.25) is 5.91 Å². The lowest BCUT2D eigenvalue weighted by Gasteiger charge is -2.38. The summed E-state index contributed by atoms with van der Waals surface area (Å²) >= 11 is 0. The van der Waals surface area contributed by atoms with Crippen molar-refractivity contribution in [3.8, 4) is 0 Å². The number of rotatable bonds is 5. The van der Waals surface area contributed by atoms with Gasteiger partial charge in [0.25, 0.3) is 5.56 Å². The molecule has 1 fully saturated rings. The second-order valence-electron chi connectivity index (χ2n) is 9.94. The molecule has 3 aromatic rings. The second-order valence-corrected chi connectivity index (χ2v) is 9.94. The number of nitrogens with zero attached hydrogens (tertiary/aromatic N) is 4. The SMILES string of the molecule is C/C=C/c1ccc2n(c1=O)C[C@H]1[C@H](CO)[C@@H](C(=O)N3CCc4ccccc4C3)[C@@H]2N1Cc1cocn1. The Balaban J connectivity index is 1.42. The third-order valence-electron chi connectivity index (χ3n) is 8.10. The fourth-order valence-corrected chi connectivity index (χ4v) is 6.44. The number of aromatic nitrogens is 2. The Morgan fingerprint density at radius 1 is 1.22 bits per heavy atom. The van der Waals surface area contributed by atoms with Crippen LogP contribution in [-0.4, -0.2) is 49.6 Å². The van der Waals surface area contributed by atoms with Gasteiger partial charge in [-0.1, -0.05) is 36.4 Å². The number of aliphatic hydroxyl groups is 1. The fraction of sp³-hybridized carbons (Fsp3) is 0.393. The molecule has 3 aliphatic rings. The molecule has 2 aromatic heterocycles. The number of hydrogen-bond donors (Lipinski definition) is 1. The quantitative estimate of drug-likeness (QED) is 0.596. The van der Waals surface area contributed by atoms with E-state index in [1.807, 2.05) is 52.8 Å². The van der Waals surface area contributed by atoms with E-state index in [-0.39, 0.29) is 36.1 Å². The van der Waals surface area contributed by atoms with Crippen molar-refractivity contribution in [3.63, 3.8) is 0 Å². The van der Waals surface area contributed by atoms with Crippen LogP contribution in [0.3, 0.4) is 0 Å². The van der Waals surface area contributed by atoms with E-state index >= 15 is 0 Å². The summed E-state index contributed by atoms with van der Waals surface area (Å²) in [6, 6.07) is 11.6. The number of aliphatic hydroxyl groups excluding tert-OH is 1. The molecule has 5 heterocycles. The highest BCUT2D eigenvalue weighted by Crippen LogP contribution is 2.49. The van der Waals surface area contributed by atoms with E-state index in [1.165, 1.54) is 17.5 Å². The van der Waals surface area contributed by atoms with Gasteiger partial charge >= 0.3 is 0 Å². The summed E-state index contributed by atoms with van der Waals surface area (Å²) in [5.41, 5.74) is 4.61. The number of fused-ring (bicyclic) bond motifs is 5. The molecule has 1 aromatic carbocycles. The smallest absolute Gasteiger partial charge is 0.258 e. The molecular formula is C28H30N4O4. The predicted octanol–water partition coefficient (Wildman–Crippen LogP) is 2.62. The fourth-order valence-electron chi connectivity index (χ4n) is 6.44. The molecule has 4 atom stereocenters. The van der Waals surface area contributed by atoms with Gasteiger partial charge in [-0.05, 0) is 36.6 Å². The van der Waals surface area contributed by atoms with Crippen LogP contribution in [0.25, 0.3) is 6.08 Å². The van der Waals surface area contributed by atoms with Crippen LogP contribution >= 0.6 is 0 Å². The van der Waals surface area contributed by atoms with Crippen LogP contribution in [0, 0.1) is 11.8 Å². The summed E-state index contributed by atoms with van der Waals surface area (Å²) in [4.78, 5) is 36.0. The average Bonchev–Trinajstić information content (AvgIpc) is 3.48. The third kappa shape index (κ3) is 3.63. The van der Waals surface area contributed by atoms with Crippen LogP contribution in [-0.2, 0) is 30.8 Å². The lowest BCUT2D eigenvalue weighted by molar-refractivity contribution is -0.139. The number of oxazole rings is 1. The van der Waals surface area contributed by atoms with E-state index in [0.29, 0.717) is 31.7 Å². The van der Waals surface area contributed by atoms with Gasteiger partial charge in [0, 0.05) is 56.0 Å². The standard InChI is InChI=1S/C28H30N4O4/c1-2-5-19-8-9-23-26-25(28(35)30-11-10-18-6-3-4-7-20(18)12-30)22(15-33)24(14-32(23)27(19)34)31(26)13-21-16-36-17-29-21/h2-9,16-17,22,24-26,33H,10-15H2,1H3/b5-2+/t22-,24-,25+,26+/m0/s1. The van der Waals surface area contributed by atoms with Crippen molar-refractivity contribution in [1.82, 2.24) is 19.4 Å². The average molecular weight is 487 g/mol. The Kier molecular flexibility index (Phi) is 5.85. The molecule has 186 valence electrons. The molecule has 0 aliphatic carbocycles. The molecule has 0 radical (unpaired) electrons. The maximum atomic E-state index is 14.2. The highest BCUT2D eigenvalue weighted by atomic mass is 16.3. The van der Waals surface area contributed by atoms with Crippen LogP contribution in [0.5, 0.6) is 0 Å². The van der Waals surface area contributed by atoms with Gasteiger partial charge < -0.3 is 19.0 Å². The molecule has 8 nitrogen and oxygen atoms in total. The maximum Gasteiger partial charge on any atom is 0.258 e. The Bertz CT molecular complexity index is 1360. The first-order valence-electron chi connectivity index (χ1n) is 12.6. The molecule has 2 bridgehead atoms. The first kappa shape index (κ1) is 22.9. The van der Waals surface area contributed by atoms with E-state index in [2.05, 4.69) is 22.0 Å². The van der Waals surface area contributed by atoms with Gasteiger partial charge in [-0.2, -0.15) is 0 Å². The molecule has 6 rings (SSSR count). The maximum absolute atomic E-state index is 14.2. The highest BCUT2D eigenvalue weighted by molar-refractivity contribution is 5.81. The van der Waals surface area contributed by atoms with Crippen molar-refractivity contribution in [3.05, 3.63) is 93.6 Å². The summed E-state index contributed by atoms with van der Waals surface area (Å²) in [5.74, 6) is -0.714. The number of allylic oxidation sites excluding steroid dienone is 1. The molecule has 1 amide bonds. The Morgan fingerprint density at radius 2 is 2.06 bits per heavy atom. The van der Waals surface area contributed by atoms with Crippen molar-refractivity contribution < 1.29 is 14.3 Å². The van der Waals surface area contributed by atoms with Crippen molar-refractivity contribution >= 4 is 12.0 Å². The largest absolute Gasteiger partial charge is 0.451 e. The first-order chi connectivity index (χ1) is 17.6. The number of carbonyl (C=O) groups excluding carboxylic acids is 1. The van der Waals surface area contributed by atoms with Crippen molar-refractivity contribution in [2.75, 3.05) is 13.2 Å². The lowest BCUT2D eigenvalue weighted by atomic mass is 9.85. The summed E-state index contributed by atoms with van der Waals surface area (Å²) in [5, 5.41) is 10.6. The number of carbonyl (C=O) groups is 1. The molecule has 0 unspecified atom stereocenters. The zero-order valence-electron chi connectivity index (χ0n) is 20.3. The molecule has 3 aliphatic heterocycles. The van der Waals surface area contributed by atoms with Gasteiger partial charge in [0.15, 0.2) is 6.39 Å². The van der Waals surface area contributed by atoms with Crippen LogP contribution < -0.4 is 5.56 Å². The van der Waals surface area contributed by atoms with E-state index < -0.39 is 5.92 Å². The van der Waals surface area contributed by atoms with Gasteiger partial charge in [0.1, 0.15) is 6.26 Å². The normalized spacial score (nSPS) is 25.2. The molecular weight excluding hydrogens is 456 g/mol. The molecule has 0 saturated carbocycles. The van der Waals surface area contributed by atoms with E-state index in [0.717, 1.165) is 17.8 Å². The van der Waals surface area contributed by atoms with Gasteiger partial charge in [0.05, 0.1) is 17.7 Å². The Labute approximate surface area is 209 Å². The van der Waals surface area contributed by atoms with Crippen molar-refractivity contribution in [2.45, 2.75) is 45.1 Å². The Morgan fingerprint density at radius 3 is 2.81 bits per heavy atom. The first-order valence-corrected chi connectivity index (χ1v) is 12.6. The highest BCUT2D eigenvalue weighted by Gasteiger charge is 2.56. The lowest BCUT2D eigenvalue weighted by Crippen LogP contribution is -2.46. The zero-order valence-corrected chi connectivity index (χ0v) is 20.3. The van der Waals surface area contributed by atoms with E-state index in [4.69, 9.17) is 4.42 Å². The molecule has 0 spiro atoms. The topological polar surface area (TPSA) is 91.8 Å². The second kappa shape index (κ2) is 9.19. The summed E-state index contributed by atoms with van der Waals surface area (Å²) < 4.78 is 7.02. The van der Waals surface area contributed by atoms with Crippen LogP contribution in [0.2, 0.25) is 0 Å². The van der Waals surface area contributed by atoms with E-state index in [9.17, 15) is 14.7 Å². The minimum absolute atomic E-state index is 0.0413. The number of pyridine rings is 1. The summed E-state index contributed by atoms with van der Waals surface area (Å²) in [6.45, 7) is 3.89.